The third-order valence-corrected chi connectivity index (χ3v) is 8.37. The van der Waals surface area contributed by atoms with Crippen LogP contribution in [-0.4, -0.2) is 53.3 Å². The first-order chi connectivity index (χ1) is 8.32. The first kappa shape index (κ1) is 12.3. The van der Waals surface area contributed by atoms with E-state index in [-0.39, 0.29) is 0 Å². The molecule has 0 amide bonds. The Kier molecular flexibility index (Phi) is 3.69. The molecule has 0 unspecified atom stereocenters. The molecule has 3 rings (SSSR count). The van der Waals surface area contributed by atoms with E-state index >= 15 is 0 Å². The molecule has 0 aromatic carbocycles. The molecule has 3 heterocycles. The van der Waals surface area contributed by atoms with Gasteiger partial charge in [0.2, 0.25) is 0 Å². The van der Waals surface area contributed by atoms with Crippen LogP contribution in [0, 0.1) is 0 Å². The van der Waals surface area contributed by atoms with Gasteiger partial charge in [0.25, 0.3) is 0 Å². The van der Waals surface area contributed by atoms with E-state index in [9.17, 15) is 4.89 Å². The molecule has 0 aliphatic carbocycles. The third-order valence-electron chi connectivity index (χ3n) is 4.55. The second-order valence-corrected chi connectivity index (χ2v) is 8.70. The molecule has 0 N–H and O–H groups in total. The van der Waals surface area contributed by atoms with E-state index in [1.165, 1.54) is 38.5 Å². The summed E-state index contributed by atoms with van der Waals surface area (Å²) in [5.41, 5.74) is 0. The fourth-order valence-electron chi connectivity index (χ4n) is 3.63. The molecule has 0 saturated carbocycles. The number of rotatable bonds is 3. The van der Waals surface area contributed by atoms with Crippen LogP contribution in [0.1, 0.15) is 38.5 Å². The molecule has 1 radical (unpaired) electrons. The minimum atomic E-state index is -2.70. The fourth-order valence-corrected chi connectivity index (χ4v) is 7.52. The molecule has 0 aromatic heterocycles. The van der Waals surface area contributed by atoms with Gasteiger partial charge >= 0.3 is 105 Å². The van der Waals surface area contributed by atoms with Crippen molar-refractivity contribution in [3.05, 3.63) is 0 Å². The van der Waals surface area contributed by atoms with Crippen molar-refractivity contribution in [3.8, 4) is 0 Å². The average Bonchev–Trinajstić information content (AvgIpc) is 3.10. The van der Waals surface area contributed by atoms with Crippen LogP contribution in [0.4, 0.5) is 0 Å². The van der Waals surface area contributed by atoms with E-state index < -0.39 is 7.94 Å². The normalized spacial score (nSPS) is 30.4. The number of hydrogen-bond donors (Lipinski definition) is 0. The third kappa shape index (κ3) is 2.15. The van der Waals surface area contributed by atoms with E-state index in [0.717, 1.165) is 39.3 Å². The number of hydrogen-bond acceptors (Lipinski definition) is 3. The van der Waals surface area contributed by atoms with E-state index in [2.05, 4.69) is 14.0 Å². The van der Waals surface area contributed by atoms with Crippen molar-refractivity contribution in [1.82, 2.24) is 14.0 Å². The molecule has 5 heteroatoms. The van der Waals surface area contributed by atoms with E-state index in [0.29, 0.717) is 0 Å². The summed E-state index contributed by atoms with van der Waals surface area (Å²) in [5, 5.41) is 0. The molecule has 4 nitrogen and oxygen atoms in total. The van der Waals surface area contributed by atoms with Gasteiger partial charge in [-0.25, -0.2) is 0 Å². The summed E-state index contributed by atoms with van der Waals surface area (Å²) in [7, 11) is -2.70. The van der Waals surface area contributed by atoms with Crippen LogP contribution in [-0.2, 0) is 4.89 Å². The zero-order valence-electron chi connectivity index (χ0n) is 10.7. The van der Waals surface area contributed by atoms with Crippen molar-refractivity contribution in [2.24, 2.45) is 0 Å². The maximum absolute atomic E-state index is 13.6. The Balaban J connectivity index is 1.81. The zero-order chi connectivity index (χ0) is 11.7. The molecule has 3 fully saturated rings. The summed E-state index contributed by atoms with van der Waals surface area (Å²) in [4.78, 5) is 13.6. The molecule has 17 heavy (non-hydrogen) atoms. The summed E-state index contributed by atoms with van der Waals surface area (Å²) < 4.78 is 7.01. The Morgan fingerprint density at radius 1 is 0.529 bits per heavy atom. The van der Waals surface area contributed by atoms with Crippen LogP contribution in [0.2, 0.25) is 0 Å². The molecule has 0 bridgehead atoms. The van der Waals surface area contributed by atoms with E-state index in [1.807, 2.05) is 0 Å². The molecule has 3 aliphatic heterocycles. The summed E-state index contributed by atoms with van der Waals surface area (Å²) >= 11 is 0. The SMILES string of the molecule is [O][PH](N1CCCC1)(N1CCCC1)N1CCCC1. The van der Waals surface area contributed by atoms with Gasteiger partial charge in [0.15, 0.2) is 0 Å². The van der Waals surface area contributed by atoms with Gasteiger partial charge in [0.05, 0.1) is 0 Å². The zero-order valence-corrected chi connectivity index (χ0v) is 11.7. The average molecular weight is 258 g/mol. The van der Waals surface area contributed by atoms with Crippen molar-refractivity contribution in [1.29, 1.82) is 0 Å². The molecule has 99 valence electrons. The van der Waals surface area contributed by atoms with E-state index in [1.54, 1.807) is 0 Å². The van der Waals surface area contributed by atoms with Crippen LogP contribution < -0.4 is 0 Å². The van der Waals surface area contributed by atoms with Crippen molar-refractivity contribution < 1.29 is 4.89 Å². The molecule has 0 atom stereocenters. The van der Waals surface area contributed by atoms with Crippen LogP contribution in [0.5, 0.6) is 0 Å². The molecular weight excluding hydrogens is 233 g/mol. The van der Waals surface area contributed by atoms with Gasteiger partial charge in [-0.15, -0.1) is 0 Å². The quantitative estimate of drug-likeness (QED) is 0.726. The molecule has 0 aromatic rings. The Labute approximate surface area is 105 Å². The van der Waals surface area contributed by atoms with Crippen LogP contribution in [0.25, 0.3) is 0 Å². The second kappa shape index (κ2) is 5.10. The molecule has 0 spiro atoms. The van der Waals surface area contributed by atoms with Crippen molar-refractivity contribution in [2.75, 3.05) is 39.3 Å². The van der Waals surface area contributed by atoms with Gasteiger partial charge in [-0.3, -0.25) is 0 Å². The van der Waals surface area contributed by atoms with Gasteiger partial charge in [0, 0.05) is 0 Å². The topological polar surface area (TPSA) is 29.6 Å². The van der Waals surface area contributed by atoms with Crippen molar-refractivity contribution in [3.63, 3.8) is 0 Å². The predicted octanol–water partition coefficient (Wildman–Crippen LogP) is 2.11. The van der Waals surface area contributed by atoms with Gasteiger partial charge < -0.3 is 0 Å². The Bertz CT molecular complexity index is 218. The monoisotopic (exact) mass is 258 g/mol. The second-order valence-electron chi connectivity index (χ2n) is 5.66. The van der Waals surface area contributed by atoms with Gasteiger partial charge in [-0.2, -0.15) is 0 Å². The molecule has 3 aliphatic rings. The first-order valence-corrected chi connectivity index (χ1v) is 9.02. The Hall–Kier alpha value is 0.270. The predicted molar refractivity (Wildman–Crippen MR) is 71.4 cm³/mol. The standard InChI is InChI=1S/C12H25N3OP/c16-17(13-7-1-2-8-13,14-9-3-4-10-14)15-11-5-6-12-15/h17H,1-12H2. The minimum absolute atomic E-state index is 1.06. The van der Waals surface area contributed by atoms with Crippen molar-refractivity contribution in [2.45, 2.75) is 38.5 Å². The van der Waals surface area contributed by atoms with Gasteiger partial charge in [0.1, 0.15) is 0 Å². The van der Waals surface area contributed by atoms with Gasteiger partial charge in [-0.1, -0.05) is 0 Å². The summed E-state index contributed by atoms with van der Waals surface area (Å²) in [5.74, 6) is 0. The van der Waals surface area contributed by atoms with Gasteiger partial charge in [-0.05, 0) is 0 Å². The maximum atomic E-state index is 13.6. The molecular formula is C12H25N3OP. The summed E-state index contributed by atoms with van der Waals surface area (Å²) in [6.07, 6.45) is 7.41. The fraction of sp³-hybridized carbons (Fsp3) is 1.00. The van der Waals surface area contributed by atoms with Crippen LogP contribution in [0.15, 0.2) is 0 Å². The van der Waals surface area contributed by atoms with Crippen LogP contribution >= 0.6 is 7.94 Å². The Morgan fingerprint density at radius 3 is 1.00 bits per heavy atom. The molecule has 3 saturated heterocycles. The van der Waals surface area contributed by atoms with E-state index in [4.69, 9.17) is 0 Å². The first-order valence-electron chi connectivity index (χ1n) is 7.27. The number of nitrogens with zero attached hydrogens (tertiary/aromatic N) is 3. The summed E-state index contributed by atoms with van der Waals surface area (Å²) in [6.45, 7) is 6.35. The Morgan fingerprint density at radius 2 is 0.765 bits per heavy atom. The van der Waals surface area contributed by atoms with Crippen molar-refractivity contribution >= 4 is 7.94 Å². The summed E-state index contributed by atoms with van der Waals surface area (Å²) in [6, 6.07) is 0. The van der Waals surface area contributed by atoms with Crippen LogP contribution in [0.3, 0.4) is 0 Å².